The Morgan fingerprint density at radius 2 is 2.33 bits per heavy atom. The zero-order valence-corrected chi connectivity index (χ0v) is 14.1. The number of hydrogen-bond donors (Lipinski definition) is 2. The molecule has 1 fully saturated rings. The predicted octanol–water partition coefficient (Wildman–Crippen LogP) is 2.63. The van der Waals surface area contributed by atoms with Crippen LogP contribution in [0.1, 0.15) is 39.0 Å². The van der Waals surface area contributed by atoms with E-state index in [1.165, 1.54) is 30.4 Å². The summed E-state index contributed by atoms with van der Waals surface area (Å²) in [6.07, 6.45) is 8.13. The summed E-state index contributed by atoms with van der Waals surface area (Å²) in [4.78, 5) is 12.0. The summed E-state index contributed by atoms with van der Waals surface area (Å²) in [5.74, 6) is 1.64. The Kier molecular flexibility index (Phi) is 6.23. The molecule has 0 radical (unpaired) electrons. The second-order valence-corrected chi connectivity index (χ2v) is 6.77. The maximum atomic E-state index is 12.0. The Morgan fingerprint density at radius 1 is 1.52 bits per heavy atom. The van der Waals surface area contributed by atoms with E-state index in [0.29, 0.717) is 4.47 Å². The number of anilines is 1. The van der Waals surface area contributed by atoms with Gasteiger partial charge in [0.1, 0.15) is 4.47 Å². The van der Waals surface area contributed by atoms with Gasteiger partial charge in [0, 0.05) is 6.54 Å². The normalized spacial score (nSPS) is 22.2. The number of aromatic nitrogens is 2. The average molecular weight is 358 g/mol. The Labute approximate surface area is 133 Å². The molecule has 1 heterocycles. The number of nitrogens with one attached hydrogen (secondary N) is 1. The van der Waals surface area contributed by atoms with E-state index >= 15 is 0 Å². The largest absolute Gasteiger partial charge is 0.394 e. The number of hydrogen-bond acceptors (Lipinski definition) is 4. The highest BCUT2D eigenvalue weighted by Crippen LogP contribution is 2.30. The summed E-state index contributed by atoms with van der Waals surface area (Å²) in [5.41, 5.74) is 0.526. The second-order valence-electron chi connectivity index (χ2n) is 5.98. The molecule has 2 N–H and O–H groups in total. The quantitative estimate of drug-likeness (QED) is 0.821. The first-order valence-electron chi connectivity index (χ1n) is 7.72. The highest BCUT2D eigenvalue weighted by Gasteiger charge is 2.18. The van der Waals surface area contributed by atoms with Gasteiger partial charge in [-0.25, -0.2) is 4.68 Å². The van der Waals surface area contributed by atoms with Crippen LogP contribution in [0.2, 0.25) is 0 Å². The Hall–Kier alpha value is -0.880. The van der Waals surface area contributed by atoms with Crippen molar-refractivity contribution < 1.29 is 5.11 Å². The molecule has 1 aromatic heterocycles. The second kappa shape index (κ2) is 7.94. The van der Waals surface area contributed by atoms with Gasteiger partial charge in [-0.05, 0) is 40.6 Å². The topological polar surface area (TPSA) is 67.2 Å². The fourth-order valence-electron chi connectivity index (χ4n) is 3.08. The van der Waals surface area contributed by atoms with Crippen molar-refractivity contribution >= 4 is 21.6 Å². The number of aliphatic hydroxyl groups is 1. The monoisotopic (exact) mass is 357 g/mol. The van der Waals surface area contributed by atoms with E-state index in [1.54, 1.807) is 6.20 Å². The van der Waals surface area contributed by atoms with E-state index in [0.717, 1.165) is 30.5 Å². The van der Waals surface area contributed by atoms with Gasteiger partial charge in [0.2, 0.25) is 0 Å². The number of aliphatic hydroxyl groups excluding tert-OH is 1. The molecule has 1 aromatic rings. The number of halogens is 1. The molecule has 0 amide bonds. The van der Waals surface area contributed by atoms with Crippen LogP contribution in [0.3, 0.4) is 0 Å². The van der Waals surface area contributed by atoms with Crippen molar-refractivity contribution in [2.24, 2.45) is 11.8 Å². The van der Waals surface area contributed by atoms with Crippen molar-refractivity contribution in [1.29, 1.82) is 0 Å². The lowest BCUT2D eigenvalue weighted by Crippen LogP contribution is -2.26. The van der Waals surface area contributed by atoms with E-state index in [1.807, 2.05) is 0 Å². The van der Waals surface area contributed by atoms with Crippen LogP contribution in [-0.2, 0) is 6.54 Å². The molecule has 6 heteroatoms. The maximum absolute atomic E-state index is 12.0. The van der Waals surface area contributed by atoms with Gasteiger partial charge in [-0.3, -0.25) is 4.79 Å². The highest BCUT2D eigenvalue weighted by atomic mass is 79.9. The van der Waals surface area contributed by atoms with Crippen LogP contribution in [0.5, 0.6) is 0 Å². The Bertz CT molecular complexity index is 518. The standard InChI is InChI=1S/C15H24BrN3O2/c1-11-3-2-4-12(9-11)5-6-17-13-10-18-19(7-8-20)15(21)14(13)16/h10-12,17,20H,2-9H2,1H3. The highest BCUT2D eigenvalue weighted by molar-refractivity contribution is 9.10. The van der Waals surface area contributed by atoms with Crippen LogP contribution >= 0.6 is 15.9 Å². The molecule has 0 aliphatic heterocycles. The summed E-state index contributed by atoms with van der Waals surface area (Å²) in [5, 5.41) is 16.2. The minimum Gasteiger partial charge on any atom is -0.394 e. The molecule has 0 aromatic carbocycles. The third kappa shape index (κ3) is 4.54. The molecule has 1 aliphatic rings. The Morgan fingerprint density at radius 3 is 3.05 bits per heavy atom. The molecule has 1 saturated carbocycles. The molecule has 0 spiro atoms. The summed E-state index contributed by atoms with van der Waals surface area (Å²) in [6, 6.07) is 0. The molecule has 0 bridgehead atoms. The van der Waals surface area contributed by atoms with E-state index < -0.39 is 0 Å². The van der Waals surface area contributed by atoms with Crippen molar-refractivity contribution in [1.82, 2.24) is 9.78 Å². The third-order valence-electron chi connectivity index (χ3n) is 4.21. The van der Waals surface area contributed by atoms with Crippen LogP contribution in [0, 0.1) is 11.8 Å². The van der Waals surface area contributed by atoms with E-state index in [9.17, 15) is 4.79 Å². The number of rotatable bonds is 6. The molecule has 2 rings (SSSR count). The summed E-state index contributed by atoms with van der Waals surface area (Å²) in [7, 11) is 0. The van der Waals surface area contributed by atoms with E-state index in [2.05, 4.69) is 33.3 Å². The Balaban J connectivity index is 1.88. The van der Waals surface area contributed by atoms with Crippen molar-refractivity contribution in [3.05, 3.63) is 21.0 Å². The summed E-state index contributed by atoms with van der Waals surface area (Å²) >= 11 is 3.32. The van der Waals surface area contributed by atoms with Crippen molar-refractivity contribution in [2.75, 3.05) is 18.5 Å². The van der Waals surface area contributed by atoms with Gasteiger partial charge in [0.05, 0.1) is 25.0 Å². The zero-order valence-electron chi connectivity index (χ0n) is 12.5. The summed E-state index contributed by atoms with van der Waals surface area (Å²) < 4.78 is 1.75. The smallest absolute Gasteiger partial charge is 0.283 e. The minimum absolute atomic E-state index is 0.0913. The minimum atomic E-state index is -0.208. The molecule has 2 unspecified atom stereocenters. The van der Waals surface area contributed by atoms with Gasteiger partial charge in [0.25, 0.3) is 5.56 Å². The molecule has 0 saturated heterocycles. The molecule has 2 atom stereocenters. The lowest BCUT2D eigenvalue weighted by atomic mass is 9.81. The van der Waals surface area contributed by atoms with Gasteiger partial charge in [-0.2, -0.15) is 5.10 Å². The fraction of sp³-hybridized carbons (Fsp3) is 0.733. The van der Waals surface area contributed by atoms with Crippen LogP contribution in [0.25, 0.3) is 0 Å². The molecule has 5 nitrogen and oxygen atoms in total. The third-order valence-corrected chi connectivity index (χ3v) is 4.98. The van der Waals surface area contributed by atoms with Gasteiger partial charge >= 0.3 is 0 Å². The average Bonchev–Trinajstić information content (AvgIpc) is 2.47. The summed E-state index contributed by atoms with van der Waals surface area (Å²) in [6.45, 7) is 3.33. The molecule has 21 heavy (non-hydrogen) atoms. The predicted molar refractivity (Wildman–Crippen MR) is 87.5 cm³/mol. The zero-order chi connectivity index (χ0) is 15.2. The van der Waals surface area contributed by atoms with Gasteiger partial charge < -0.3 is 10.4 Å². The van der Waals surface area contributed by atoms with Crippen molar-refractivity contribution in [3.63, 3.8) is 0 Å². The molecule has 1 aliphatic carbocycles. The van der Waals surface area contributed by atoms with E-state index in [4.69, 9.17) is 5.11 Å². The lowest BCUT2D eigenvalue weighted by molar-refractivity contribution is 0.266. The van der Waals surface area contributed by atoms with Crippen LogP contribution in [0.15, 0.2) is 15.5 Å². The van der Waals surface area contributed by atoms with Crippen LogP contribution < -0.4 is 10.9 Å². The van der Waals surface area contributed by atoms with Crippen LogP contribution in [0.4, 0.5) is 5.69 Å². The molecule has 118 valence electrons. The first-order valence-corrected chi connectivity index (χ1v) is 8.51. The van der Waals surface area contributed by atoms with Gasteiger partial charge in [-0.1, -0.05) is 26.2 Å². The first kappa shape index (κ1) is 16.5. The van der Waals surface area contributed by atoms with Gasteiger partial charge in [-0.15, -0.1) is 0 Å². The maximum Gasteiger partial charge on any atom is 0.283 e. The van der Waals surface area contributed by atoms with Crippen LogP contribution in [-0.4, -0.2) is 28.0 Å². The molecular weight excluding hydrogens is 334 g/mol. The SMILES string of the molecule is CC1CCCC(CCNc2cnn(CCO)c(=O)c2Br)C1. The molecular formula is C15H24BrN3O2. The van der Waals surface area contributed by atoms with Crippen molar-refractivity contribution in [2.45, 2.75) is 45.6 Å². The first-order chi connectivity index (χ1) is 10.1. The lowest BCUT2D eigenvalue weighted by Gasteiger charge is -2.26. The van der Waals surface area contributed by atoms with E-state index in [-0.39, 0.29) is 18.7 Å². The number of nitrogens with zero attached hydrogens (tertiary/aromatic N) is 2. The fourth-order valence-corrected chi connectivity index (χ4v) is 3.52. The van der Waals surface area contributed by atoms with Gasteiger partial charge in [0.15, 0.2) is 0 Å². The van der Waals surface area contributed by atoms with Crippen molar-refractivity contribution in [3.8, 4) is 0 Å².